The number of oxazole rings is 1. The van der Waals surface area contributed by atoms with E-state index in [0.717, 1.165) is 47.4 Å². The molecule has 0 spiro atoms. The highest BCUT2D eigenvalue weighted by molar-refractivity contribution is 5.72. The Morgan fingerprint density at radius 1 is 1.11 bits per heavy atom. The molecule has 1 fully saturated rings. The molecule has 1 saturated carbocycles. The fourth-order valence-electron chi connectivity index (χ4n) is 4.40. The Morgan fingerprint density at radius 3 is 2.65 bits per heavy atom. The molecular weight excluding hydrogens is 470 g/mol. The third-order valence-corrected chi connectivity index (χ3v) is 6.45. The molecule has 37 heavy (non-hydrogen) atoms. The van der Waals surface area contributed by atoms with Gasteiger partial charge in [-0.2, -0.15) is 0 Å². The number of aliphatic carboxylic acids is 1. The smallest absolute Gasteiger partial charge is 0.335 e. The number of carboxylic acid groups (broad SMARTS) is 1. The van der Waals surface area contributed by atoms with Crippen LogP contribution in [0.4, 0.5) is 0 Å². The molecule has 0 amide bonds. The second kappa shape index (κ2) is 13.3. The van der Waals surface area contributed by atoms with Crippen LogP contribution in [0.15, 0.2) is 65.1 Å². The van der Waals surface area contributed by atoms with E-state index < -0.39 is 12.1 Å². The third kappa shape index (κ3) is 8.12. The summed E-state index contributed by atoms with van der Waals surface area (Å²) >= 11 is 0. The van der Waals surface area contributed by atoms with Crippen LogP contribution in [-0.2, 0) is 25.6 Å². The van der Waals surface area contributed by atoms with Gasteiger partial charge in [0.25, 0.3) is 0 Å². The van der Waals surface area contributed by atoms with Crippen molar-refractivity contribution in [1.29, 1.82) is 0 Å². The number of carbonyl (C=O) groups is 1. The van der Waals surface area contributed by atoms with Crippen molar-refractivity contribution in [2.75, 3.05) is 13.2 Å². The van der Waals surface area contributed by atoms with Gasteiger partial charge in [-0.3, -0.25) is 0 Å². The van der Waals surface area contributed by atoms with E-state index >= 15 is 0 Å². The topological polar surface area (TPSA) is 91.0 Å². The van der Waals surface area contributed by atoms with E-state index in [2.05, 4.69) is 4.98 Å². The Labute approximate surface area is 218 Å². The molecule has 3 atom stereocenters. The Morgan fingerprint density at radius 2 is 1.89 bits per heavy atom. The summed E-state index contributed by atoms with van der Waals surface area (Å²) in [4.78, 5) is 16.3. The number of rotatable bonds is 12. The van der Waals surface area contributed by atoms with Crippen molar-refractivity contribution < 1.29 is 28.5 Å². The van der Waals surface area contributed by atoms with E-state index in [0.29, 0.717) is 18.9 Å². The van der Waals surface area contributed by atoms with Gasteiger partial charge in [0.15, 0.2) is 6.10 Å². The lowest BCUT2D eigenvalue weighted by molar-refractivity contribution is -0.156. The molecule has 0 radical (unpaired) electrons. The van der Waals surface area contributed by atoms with Crippen molar-refractivity contribution in [3.8, 4) is 11.5 Å². The minimum atomic E-state index is -1.03. The van der Waals surface area contributed by atoms with Gasteiger partial charge in [0.05, 0.1) is 32.0 Å². The summed E-state index contributed by atoms with van der Waals surface area (Å²) in [5.74, 6) is 0.327. The first-order valence-electron chi connectivity index (χ1n) is 12.8. The maximum Gasteiger partial charge on any atom is 0.335 e. The summed E-state index contributed by atoms with van der Waals surface area (Å²) in [6, 6.07) is 17.9. The highest BCUT2D eigenvalue weighted by Crippen LogP contribution is 2.27. The number of nitrogens with zero attached hydrogens (tertiary/aromatic N) is 1. The first-order chi connectivity index (χ1) is 18.0. The average molecular weight is 506 g/mol. The summed E-state index contributed by atoms with van der Waals surface area (Å²) in [6.45, 7) is 4.52. The third-order valence-electron chi connectivity index (χ3n) is 6.45. The predicted octanol–water partition coefficient (Wildman–Crippen LogP) is 5.99. The summed E-state index contributed by atoms with van der Waals surface area (Å²) < 4.78 is 23.6. The van der Waals surface area contributed by atoms with Crippen LogP contribution in [-0.4, -0.2) is 47.6 Å². The van der Waals surface area contributed by atoms with Crippen LogP contribution in [0, 0.1) is 13.8 Å². The zero-order valence-electron chi connectivity index (χ0n) is 21.5. The number of benzene rings is 2. The van der Waals surface area contributed by atoms with E-state index in [1.807, 2.05) is 80.6 Å². The van der Waals surface area contributed by atoms with Crippen LogP contribution in [0.25, 0.3) is 17.5 Å². The lowest BCUT2D eigenvalue weighted by Gasteiger charge is -2.29. The number of aromatic nitrogens is 1. The van der Waals surface area contributed by atoms with Crippen molar-refractivity contribution in [1.82, 2.24) is 4.98 Å². The Bertz CT molecular complexity index is 1170. The second-order valence-electron chi connectivity index (χ2n) is 9.42. The highest BCUT2D eigenvalue weighted by atomic mass is 16.6. The summed E-state index contributed by atoms with van der Waals surface area (Å²) in [6.07, 6.45) is 6.14. The molecule has 1 N–H and O–H groups in total. The quantitative estimate of drug-likeness (QED) is 0.323. The molecule has 7 heteroatoms. The van der Waals surface area contributed by atoms with Crippen molar-refractivity contribution in [3.05, 3.63) is 83.3 Å². The minimum absolute atomic E-state index is 0.00808. The van der Waals surface area contributed by atoms with Gasteiger partial charge in [-0.05, 0) is 57.2 Å². The van der Waals surface area contributed by atoms with E-state index in [-0.39, 0.29) is 25.4 Å². The summed E-state index contributed by atoms with van der Waals surface area (Å²) in [5.41, 5.74) is 3.93. The molecule has 1 unspecified atom stereocenters. The van der Waals surface area contributed by atoms with Gasteiger partial charge in [0, 0.05) is 5.56 Å². The SMILES string of the molecule is Cc1cccc(-c2nc(CO[C@H]3CCC[C@@H](OCC(OCC=Cc4ccccc4)C(=O)O)C3)c(C)o2)c1. The number of hydrogen-bond acceptors (Lipinski definition) is 6. The molecular formula is C30H35NO6. The highest BCUT2D eigenvalue weighted by Gasteiger charge is 2.26. The van der Waals surface area contributed by atoms with E-state index in [4.69, 9.17) is 18.6 Å². The van der Waals surface area contributed by atoms with Gasteiger partial charge in [0.2, 0.25) is 5.89 Å². The Kier molecular flexibility index (Phi) is 9.65. The first kappa shape index (κ1) is 26.8. The van der Waals surface area contributed by atoms with Crippen molar-refractivity contribution in [2.45, 2.75) is 64.4 Å². The van der Waals surface area contributed by atoms with Gasteiger partial charge in [-0.1, -0.05) is 60.2 Å². The Balaban J connectivity index is 1.23. The van der Waals surface area contributed by atoms with E-state index in [1.54, 1.807) is 0 Å². The molecule has 1 heterocycles. The van der Waals surface area contributed by atoms with E-state index in [9.17, 15) is 9.90 Å². The normalized spacial score (nSPS) is 18.8. The second-order valence-corrected chi connectivity index (χ2v) is 9.42. The van der Waals surface area contributed by atoms with Crippen molar-refractivity contribution in [2.24, 2.45) is 0 Å². The van der Waals surface area contributed by atoms with Crippen molar-refractivity contribution >= 4 is 12.0 Å². The molecule has 1 aliphatic rings. The number of aryl methyl sites for hydroxylation is 2. The fraction of sp³-hybridized carbons (Fsp3) is 0.400. The molecule has 1 aliphatic carbocycles. The predicted molar refractivity (Wildman–Crippen MR) is 141 cm³/mol. The van der Waals surface area contributed by atoms with Gasteiger partial charge < -0.3 is 23.7 Å². The van der Waals surface area contributed by atoms with Crippen molar-refractivity contribution in [3.63, 3.8) is 0 Å². The molecule has 196 valence electrons. The number of hydrogen-bond donors (Lipinski definition) is 1. The zero-order valence-corrected chi connectivity index (χ0v) is 21.5. The molecule has 2 aromatic carbocycles. The zero-order chi connectivity index (χ0) is 26.0. The molecule has 0 saturated heterocycles. The molecule has 3 aromatic rings. The van der Waals surface area contributed by atoms with E-state index in [1.165, 1.54) is 0 Å². The lowest BCUT2D eigenvalue weighted by atomic mass is 9.95. The number of ether oxygens (including phenoxy) is 3. The molecule has 7 nitrogen and oxygen atoms in total. The first-order valence-corrected chi connectivity index (χ1v) is 12.8. The van der Waals surface area contributed by atoms with Crippen LogP contribution in [0.3, 0.4) is 0 Å². The average Bonchev–Trinajstić information content (AvgIpc) is 3.28. The monoisotopic (exact) mass is 505 g/mol. The summed E-state index contributed by atoms with van der Waals surface area (Å²) in [5, 5.41) is 9.54. The maximum absolute atomic E-state index is 11.6. The standard InChI is InChI=1S/C30H35NO6/c1-21-9-6-13-24(17-21)29-31-27(22(2)37-29)19-35-25-14-7-15-26(18-25)36-20-28(30(32)33)34-16-8-12-23-10-4-3-5-11-23/h3-6,8-13,17,25-26,28H,7,14-16,18-20H2,1-2H3,(H,32,33)/t25-,26+,28?/m0/s1. The largest absolute Gasteiger partial charge is 0.479 e. The minimum Gasteiger partial charge on any atom is -0.479 e. The van der Waals surface area contributed by atoms with Gasteiger partial charge in [0.1, 0.15) is 11.5 Å². The van der Waals surface area contributed by atoms with Gasteiger partial charge in [-0.25, -0.2) is 9.78 Å². The molecule has 4 rings (SSSR count). The molecule has 0 aliphatic heterocycles. The summed E-state index contributed by atoms with van der Waals surface area (Å²) in [7, 11) is 0. The maximum atomic E-state index is 11.6. The Hall–Kier alpha value is -3.26. The molecule has 1 aromatic heterocycles. The van der Waals surface area contributed by atoms with Crippen LogP contribution in [0.1, 0.15) is 48.3 Å². The van der Waals surface area contributed by atoms with Gasteiger partial charge in [-0.15, -0.1) is 0 Å². The molecule has 0 bridgehead atoms. The van der Waals surface area contributed by atoms with Crippen LogP contribution in [0.5, 0.6) is 0 Å². The lowest BCUT2D eigenvalue weighted by Crippen LogP contribution is -2.34. The number of carboxylic acids is 1. The van der Waals surface area contributed by atoms with Crippen LogP contribution in [0.2, 0.25) is 0 Å². The fourth-order valence-corrected chi connectivity index (χ4v) is 4.40. The van der Waals surface area contributed by atoms with Crippen LogP contribution < -0.4 is 0 Å². The van der Waals surface area contributed by atoms with Crippen LogP contribution >= 0.6 is 0 Å². The van der Waals surface area contributed by atoms with Gasteiger partial charge >= 0.3 is 5.97 Å².